The molecule has 0 amide bonds. The van der Waals surface area contributed by atoms with E-state index in [4.69, 9.17) is 9.47 Å². The first kappa shape index (κ1) is 12.6. The normalized spacial score (nSPS) is 40.7. The number of ether oxygens (including phenoxy) is 2. The molecule has 0 N–H and O–H groups in total. The average Bonchev–Trinajstić information content (AvgIpc) is 3.26. The first-order valence-electron chi connectivity index (χ1n) is 7.07. The van der Waals surface area contributed by atoms with Crippen molar-refractivity contribution in [2.24, 2.45) is 22.7 Å². The van der Waals surface area contributed by atoms with E-state index in [0.717, 1.165) is 6.42 Å². The summed E-state index contributed by atoms with van der Waals surface area (Å²) in [5.74, 6) is -1.06. The van der Waals surface area contributed by atoms with Crippen LogP contribution in [-0.4, -0.2) is 26.2 Å². The van der Waals surface area contributed by atoms with E-state index in [9.17, 15) is 9.59 Å². The predicted octanol–water partition coefficient (Wildman–Crippen LogP) is 1.95. The van der Waals surface area contributed by atoms with Gasteiger partial charge in [-0.1, -0.05) is 36.5 Å². The molecule has 0 saturated heterocycles. The third-order valence-corrected chi connectivity index (χ3v) is 5.55. The first-order valence-corrected chi connectivity index (χ1v) is 7.07. The molecule has 1 saturated carbocycles. The van der Waals surface area contributed by atoms with E-state index in [1.54, 1.807) is 0 Å². The van der Waals surface area contributed by atoms with E-state index in [2.05, 4.69) is 24.3 Å². The quantitative estimate of drug-likeness (QED) is 0.574. The van der Waals surface area contributed by atoms with Gasteiger partial charge in [0.2, 0.25) is 0 Å². The minimum absolute atomic E-state index is 0.0673. The highest BCUT2D eigenvalue weighted by atomic mass is 16.5. The molecule has 0 radical (unpaired) electrons. The predicted molar refractivity (Wildman–Crippen MR) is 74.9 cm³/mol. The van der Waals surface area contributed by atoms with Gasteiger partial charge in [-0.15, -0.1) is 0 Å². The van der Waals surface area contributed by atoms with Crippen molar-refractivity contribution in [2.75, 3.05) is 14.2 Å². The maximum absolute atomic E-state index is 12.3. The molecule has 4 atom stereocenters. The van der Waals surface area contributed by atoms with Crippen LogP contribution in [0, 0.1) is 22.7 Å². The fourth-order valence-electron chi connectivity index (χ4n) is 4.63. The van der Waals surface area contributed by atoms with Crippen molar-refractivity contribution in [2.45, 2.75) is 6.42 Å². The summed E-state index contributed by atoms with van der Waals surface area (Å²) in [7, 11) is 2.70. The van der Waals surface area contributed by atoms with Crippen LogP contribution in [0.1, 0.15) is 6.42 Å². The Morgan fingerprint density at radius 1 is 0.952 bits per heavy atom. The number of allylic oxidation sites excluding steroid dienone is 6. The van der Waals surface area contributed by atoms with Gasteiger partial charge in [-0.2, -0.15) is 0 Å². The summed E-state index contributed by atoms with van der Waals surface area (Å²) >= 11 is 0. The number of hydrogen-bond donors (Lipinski definition) is 0. The summed E-state index contributed by atoms with van der Waals surface area (Å²) in [5.41, 5.74) is 0.819. The highest BCUT2D eigenvalue weighted by Gasteiger charge is 2.76. The van der Waals surface area contributed by atoms with Crippen LogP contribution in [0.2, 0.25) is 0 Å². The lowest BCUT2D eigenvalue weighted by Gasteiger charge is -2.44. The van der Waals surface area contributed by atoms with Crippen molar-refractivity contribution in [1.82, 2.24) is 0 Å². The van der Waals surface area contributed by atoms with Crippen molar-refractivity contribution in [3.8, 4) is 0 Å². The molecule has 2 bridgehead atoms. The van der Waals surface area contributed by atoms with Crippen molar-refractivity contribution in [3.63, 3.8) is 0 Å². The smallest absolute Gasteiger partial charge is 0.334 e. The van der Waals surface area contributed by atoms with E-state index in [-0.39, 0.29) is 22.7 Å². The molecule has 108 valence electrons. The lowest BCUT2D eigenvalue weighted by molar-refractivity contribution is -0.141. The Morgan fingerprint density at radius 2 is 1.38 bits per heavy atom. The van der Waals surface area contributed by atoms with Gasteiger partial charge in [0.15, 0.2) is 0 Å². The zero-order chi connectivity index (χ0) is 14.8. The summed E-state index contributed by atoms with van der Waals surface area (Å²) in [6, 6.07) is 0. The largest absolute Gasteiger partial charge is 0.466 e. The van der Waals surface area contributed by atoms with Gasteiger partial charge in [-0.3, -0.25) is 0 Å². The molecule has 0 heterocycles. The maximum atomic E-state index is 12.3. The van der Waals surface area contributed by atoms with Gasteiger partial charge in [0.05, 0.1) is 25.4 Å². The number of esters is 2. The van der Waals surface area contributed by atoms with Crippen LogP contribution in [-0.2, 0) is 19.1 Å². The van der Waals surface area contributed by atoms with Crippen LogP contribution in [0.25, 0.3) is 0 Å². The Bertz CT molecular complexity index is 625. The second kappa shape index (κ2) is 3.75. The number of methoxy groups -OCH3 is 2. The molecule has 1 fully saturated rings. The van der Waals surface area contributed by atoms with E-state index >= 15 is 0 Å². The third-order valence-electron chi connectivity index (χ3n) is 5.55. The molecule has 0 aromatic carbocycles. The van der Waals surface area contributed by atoms with Gasteiger partial charge in [-0.05, 0) is 6.42 Å². The molecule has 4 unspecified atom stereocenters. The topological polar surface area (TPSA) is 52.6 Å². The van der Waals surface area contributed by atoms with E-state index < -0.39 is 11.9 Å². The second-order valence-electron chi connectivity index (χ2n) is 6.13. The summed E-state index contributed by atoms with van der Waals surface area (Å²) in [4.78, 5) is 24.5. The summed E-state index contributed by atoms with van der Waals surface area (Å²) < 4.78 is 9.86. The van der Waals surface area contributed by atoms with E-state index in [1.165, 1.54) is 14.2 Å². The van der Waals surface area contributed by atoms with Gasteiger partial charge >= 0.3 is 11.9 Å². The first-order chi connectivity index (χ1) is 10.1. The molecule has 0 aliphatic heterocycles. The van der Waals surface area contributed by atoms with Gasteiger partial charge in [-0.25, -0.2) is 9.59 Å². The van der Waals surface area contributed by atoms with Crippen LogP contribution in [0.3, 0.4) is 0 Å². The van der Waals surface area contributed by atoms with Crippen molar-refractivity contribution >= 4 is 11.9 Å². The Hall–Kier alpha value is -2.10. The molecule has 5 rings (SSSR count). The maximum Gasteiger partial charge on any atom is 0.334 e. The molecule has 0 aromatic rings. The summed E-state index contributed by atoms with van der Waals surface area (Å²) in [5, 5.41) is 0. The number of carbonyl (C=O) groups excluding carboxylic acids is 2. The lowest BCUT2D eigenvalue weighted by atomic mass is 9.58. The van der Waals surface area contributed by atoms with Crippen molar-refractivity contribution < 1.29 is 19.1 Å². The molecule has 4 nitrogen and oxygen atoms in total. The lowest BCUT2D eigenvalue weighted by Crippen LogP contribution is -2.42. The van der Waals surface area contributed by atoms with Crippen molar-refractivity contribution in [3.05, 3.63) is 47.6 Å². The van der Waals surface area contributed by atoms with Crippen LogP contribution in [0.5, 0.6) is 0 Å². The number of hydrogen-bond acceptors (Lipinski definition) is 4. The highest BCUT2D eigenvalue weighted by molar-refractivity contribution is 6.03. The van der Waals surface area contributed by atoms with E-state index in [1.807, 2.05) is 12.2 Å². The molecule has 5 aliphatic carbocycles. The molecule has 5 aliphatic rings. The van der Waals surface area contributed by atoms with E-state index in [0.29, 0.717) is 11.1 Å². The van der Waals surface area contributed by atoms with Crippen LogP contribution < -0.4 is 0 Å². The van der Waals surface area contributed by atoms with Crippen LogP contribution >= 0.6 is 0 Å². The Kier molecular flexibility index (Phi) is 2.26. The monoisotopic (exact) mass is 284 g/mol. The molecule has 21 heavy (non-hydrogen) atoms. The fraction of sp³-hybridized carbons (Fsp3) is 0.412. The Balaban J connectivity index is 1.94. The zero-order valence-corrected chi connectivity index (χ0v) is 12.0. The molecule has 0 spiro atoms. The Morgan fingerprint density at radius 3 is 1.76 bits per heavy atom. The molecule has 0 aromatic heterocycles. The SMILES string of the molecule is COC(=O)C1=C(C(=O)OC)C2C=CC1C13C=CC=CC21C3. The number of carbonyl (C=O) groups is 2. The fourth-order valence-corrected chi connectivity index (χ4v) is 4.63. The third kappa shape index (κ3) is 1.22. The zero-order valence-electron chi connectivity index (χ0n) is 12.0. The standard InChI is InChI=1S/C17H16O4/c1-20-14(18)12-10-5-6-11(13(12)15(19)21-2)17-8-4-3-7-16(10,17)9-17/h3-8,10-11H,9H2,1-2H3. The molecular weight excluding hydrogens is 268 g/mol. The highest BCUT2D eigenvalue weighted by Crippen LogP contribution is 2.80. The Labute approximate surface area is 122 Å². The van der Waals surface area contributed by atoms with Crippen LogP contribution in [0.4, 0.5) is 0 Å². The minimum Gasteiger partial charge on any atom is -0.466 e. The van der Waals surface area contributed by atoms with Gasteiger partial charge in [0, 0.05) is 22.7 Å². The second-order valence-corrected chi connectivity index (χ2v) is 6.13. The van der Waals surface area contributed by atoms with Crippen LogP contribution in [0.15, 0.2) is 47.6 Å². The van der Waals surface area contributed by atoms with Gasteiger partial charge < -0.3 is 9.47 Å². The number of rotatable bonds is 2. The van der Waals surface area contributed by atoms with Gasteiger partial charge in [0.25, 0.3) is 0 Å². The minimum atomic E-state index is -0.424. The molecular formula is C17H16O4. The summed E-state index contributed by atoms with van der Waals surface area (Å²) in [6.45, 7) is 0. The van der Waals surface area contributed by atoms with Crippen molar-refractivity contribution in [1.29, 1.82) is 0 Å². The summed E-state index contributed by atoms with van der Waals surface area (Å²) in [6.07, 6.45) is 13.5. The molecule has 4 heteroatoms. The van der Waals surface area contributed by atoms with Gasteiger partial charge in [0.1, 0.15) is 0 Å². The average molecular weight is 284 g/mol.